The van der Waals surface area contributed by atoms with Gasteiger partial charge in [0, 0.05) is 17.1 Å². The van der Waals surface area contributed by atoms with Crippen molar-refractivity contribution in [2.75, 3.05) is 7.05 Å². The molecule has 1 N–H and O–H groups in total. The molecule has 0 aliphatic carbocycles. The molecule has 3 nitrogen and oxygen atoms in total. The number of amides is 1. The van der Waals surface area contributed by atoms with E-state index in [2.05, 4.69) is 15.9 Å². The first kappa shape index (κ1) is 12.6. The molecule has 1 amide bonds. The summed E-state index contributed by atoms with van der Waals surface area (Å²) in [5, 5.41) is 9.68. The third-order valence-electron chi connectivity index (χ3n) is 2.26. The number of likely N-dealkylation sites (N-methyl/N-ethyl adjacent to an activating group) is 1. The highest BCUT2D eigenvalue weighted by Crippen LogP contribution is 2.33. The van der Waals surface area contributed by atoms with Crippen LogP contribution in [0.25, 0.3) is 6.08 Å². The molecular weight excluding hydrogens is 322 g/mol. The zero-order valence-electron chi connectivity index (χ0n) is 8.81. The van der Waals surface area contributed by atoms with Crippen molar-refractivity contribution in [3.05, 3.63) is 33.1 Å². The molecular formula is C11H8BrNO2S2. The van der Waals surface area contributed by atoms with Gasteiger partial charge in [0.15, 0.2) is 0 Å². The van der Waals surface area contributed by atoms with Crippen LogP contribution >= 0.6 is 39.9 Å². The number of hydrogen-bond donors (Lipinski definition) is 1. The van der Waals surface area contributed by atoms with Gasteiger partial charge in [0.25, 0.3) is 5.91 Å². The summed E-state index contributed by atoms with van der Waals surface area (Å²) in [5.41, 5.74) is 0.591. The Morgan fingerprint density at radius 1 is 1.53 bits per heavy atom. The van der Waals surface area contributed by atoms with Crippen LogP contribution in [0.1, 0.15) is 5.56 Å². The Balaban J connectivity index is 2.40. The molecule has 1 fully saturated rings. The highest BCUT2D eigenvalue weighted by atomic mass is 79.9. The topological polar surface area (TPSA) is 40.5 Å². The number of rotatable bonds is 1. The lowest BCUT2D eigenvalue weighted by molar-refractivity contribution is -0.121. The fraction of sp³-hybridized carbons (Fsp3) is 0.0909. The second-order valence-corrected chi connectivity index (χ2v) is 6.04. The molecule has 1 aliphatic rings. The average molecular weight is 330 g/mol. The van der Waals surface area contributed by atoms with Crippen molar-refractivity contribution in [1.82, 2.24) is 4.90 Å². The number of thioether (sulfide) groups is 1. The summed E-state index contributed by atoms with van der Waals surface area (Å²) in [4.78, 5) is 13.7. The summed E-state index contributed by atoms with van der Waals surface area (Å²) >= 11 is 9.58. The molecule has 1 saturated heterocycles. The van der Waals surface area contributed by atoms with E-state index in [1.54, 1.807) is 31.3 Å². The maximum Gasteiger partial charge on any atom is 0.265 e. The van der Waals surface area contributed by atoms with E-state index in [0.717, 1.165) is 4.47 Å². The zero-order valence-corrected chi connectivity index (χ0v) is 12.0. The molecule has 0 aromatic heterocycles. The summed E-state index contributed by atoms with van der Waals surface area (Å²) in [6, 6.07) is 5.05. The molecule has 0 radical (unpaired) electrons. The monoisotopic (exact) mass is 329 g/mol. The van der Waals surface area contributed by atoms with Crippen molar-refractivity contribution >= 4 is 56.2 Å². The van der Waals surface area contributed by atoms with E-state index in [1.165, 1.54) is 16.7 Å². The van der Waals surface area contributed by atoms with Crippen molar-refractivity contribution in [3.63, 3.8) is 0 Å². The van der Waals surface area contributed by atoms with Gasteiger partial charge < -0.3 is 5.11 Å². The minimum Gasteiger partial charge on any atom is -0.507 e. The van der Waals surface area contributed by atoms with E-state index in [1.807, 2.05) is 0 Å². The first-order chi connectivity index (χ1) is 7.99. The van der Waals surface area contributed by atoms with Gasteiger partial charge in [-0.15, -0.1) is 0 Å². The van der Waals surface area contributed by atoms with E-state index in [9.17, 15) is 9.90 Å². The van der Waals surface area contributed by atoms with E-state index in [0.29, 0.717) is 14.8 Å². The van der Waals surface area contributed by atoms with Crippen molar-refractivity contribution in [2.24, 2.45) is 0 Å². The smallest absolute Gasteiger partial charge is 0.265 e. The second kappa shape index (κ2) is 4.80. The summed E-state index contributed by atoms with van der Waals surface area (Å²) < 4.78 is 1.37. The molecule has 0 bridgehead atoms. The number of carbonyl (C=O) groups is 1. The number of carbonyl (C=O) groups excluding carboxylic acids is 1. The Hall–Kier alpha value is -0.850. The summed E-state index contributed by atoms with van der Waals surface area (Å²) in [7, 11) is 1.64. The first-order valence-electron chi connectivity index (χ1n) is 4.69. The Kier molecular flexibility index (Phi) is 3.56. The van der Waals surface area contributed by atoms with E-state index >= 15 is 0 Å². The molecule has 2 rings (SSSR count). The largest absolute Gasteiger partial charge is 0.507 e. The van der Waals surface area contributed by atoms with Gasteiger partial charge in [0.1, 0.15) is 10.1 Å². The number of halogens is 1. The van der Waals surface area contributed by atoms with Gasteiger partial charge in [-0.3, -0.25) is 9.69 Å². The SMILES string of the molecule is CN1C(=O)/C(=C\c2cc(Br)ccc2O)SC1=S. The Bertz CT molecular complexity index is 542. The predicted molar refractivity (Wildman–Crippen MR) is 76.7 cm³/mol. The molecule has 0 unspecified atom stereocenters. The fourth-order valence-electron chi connectivity index (χ4n) is 1.33. The van der Waals surface area contributed by atoms with Gasteiger partial charge in [-0.05, 0) is 24.3 Å². The fourth-order valence-corrected chi connectivity index (χ4v) is 2.88. The Labute approximate surface area is 117 Å². The molecule has 1 aliphatic heterocycles. The van der Waals surface area contributed by atoms with Crippen LogP contribution in [0.15, 0.2) is 27.6 Å². The number of benzene rings is 1. The minimum absolute atomic E-state index is 0.134. The Morgan fingerprint density at radius 3 is 2.82 bits per heavy atom. The normalized spacial score (nSPS) is 18.2. The van der Waals surface area contributed by atoms with Gasteiger partial charge in [-0.25, -0.2) is 0 Å². The average Bonchev–Trinajstić information content (AvgIpc) is 2.52. The molecule has 1 aromatic carbocycles. The minimum atomic E-state index is -0.139. The van der Waals surface area contributed by atoms with Crippen LogP contribution in [0.2, 0.25) is 0 Å². The Morgan fingerprint density at radius 2 is 2.24 bits per heavy atom. The van der Waals surface area contributed by atoms with E-state index in [4.69, 9.17) is 12.2 Å². The maximum absolute atomic E-state index is 11.8. The number of aromatic hydroxyl groups is 1. The van der Waals surface area contributed by atoms with Crippen molar-refractivity contribution < 1.29 is 9.90 Å². The maximum atomic E-state index is 11.8. The van der Waals surface area contributed by atoms with Gasteiger partial charge >= 0.3 is 0 Å². The van der Waals surface area contributed by atoms with Gasteiger partial charge in [0.05, 0.1) is 4.91 Å². The van der Waals surface area contributed by atoms with Crippen LogP contribution < -0.4 is 0 Å². The second-order valence-electron chi connectivity index (χ2n) is 3.44. The van der Waals surface area contributed by atoms with E-state index < -0.39 is 0 Å². The van der Waals surface area contributed by atoms with Crippen molar-refractivity contribution in [3.8, 4) is 5.75 Å². The molecule has 1 heterocycles. The quantitative estimate of drug-likeness (QED) is 0.635. The van der Waals surface area contributed by atoms with Crippen molar-refractivity contribution in [2.45, 2.75) is 0 Å². The van der Waals surface area contributed by atoms with E-state index in [-0.39, 0.29) is 11.7 Å². The molecule has 17 heavy (non-hydrogen) atoms. The highest BCUT2D eigenvalue weighted by Gasteiger charge is 2.28. The summed E-state index contributed by atoms with van der Waals surface area (Å²) in [5.74, 6) is -0.00560. The van der Waals surface area contributed by atoms with Gasteiger partial charge in [-0.2, -0.15) is 0 Å². The predicted octanol–water partition coefficient (Wildman–Crippen LogP) is 2.99. The van der Waals surface area contributed by atoms with Gasteiger partial charge in [-0.1, -0.05) is 39.9 Å². The third kappa shape index (κ3) is 2.53. The molecule has 0 spiro atoms. The number of phenols is 1. The van der Waals surface area contributed by atoms with Crippen LogP contribution in [0.5, 0.6) is 5.75 Å². The summed E-state index contributed by atoms with van der Waals surface area (Å²) in [6.07, 6.45) is 1.64. The first-order valence-corrected chi connectivity index (χ1v) is 6.71. The van der Waals surface area contributed by atoms with Crippen LogP contribution in [0.4, 0.5) is 0 Å². The summed E-state index contributed by atoms with van der Waals surface area (Å²) in [6.45, 7) is 0. The lowest BCUT2D eigenvalue weighted by atomic mass is 10.2. The van der Waals surface area contributed by atoms with Crippen LogP contribution in [0, 0.1) is 0 Å². The van der Waals surface area contributed by atoms with Crippen LogP contribution in [0.3, 0.4) is 0 Å². The van der Waals surface area contributed by atoms with Crippen LogP contribution in [-0.4, -0.2) is 27.3 Å². The van der Waals surface area contributed by atoms with Crippen LogP contribution in [-0.2, 0) is 4.79 Å². The number of thiocarbonyl (C=S) groups is 1. The van der Waals surface area contributed by atoms with Crippen molar-refractivity contribution in [1.29, 1.82) is 0 Å². The highest BCUT2D eigenvalue weighted by molar-refractivity contribution is 9.10. The molecule has 88 valence electrons. The number of phenolic OH excluding ortho intramolecular Hbond substituents is 1. The van der Waals surface area contributed by atoms with Gasteiger partial charge in [0.2, 0.25) is 0 Å². The zero-order chi connectivity index (χ0) is 12.6. The molecule has 6 heteroatoms. The lowest BCUT2D eigenvalue weighted by Crippen LogP contribution is -2.22. The standard InChI is InChI=1S/C11H8BrNO2S2/c1-13-10(15)9(17-11(13)16)5-6-4-7(12)2-3-8(6)14/h2-5,14H,1H3/b9-5+. The lowest BCUT2D eigenvalue weighted by Gasteiger charge is -2.04. The molecule has 0 saturated carbocycles. The molecule has 0 atom stereocenters. The number of nitrogens with zero attached hydrogens (tertiary/aromatic N) is 1. The number of hydrogen-bond acceptors (Lipinski definition) is 4. The molecule has 1 aromatic rings. The third-order valence-corrected chi connectivity index (χ3v) is 4.24.